The van der Waals surface area contributed by atoms with Gasteiger partial charge in [0.1, 0.15) is 18.3 Å². The predicted octanol–water partition coefficient (Wildman–Crippen LogP) is 3.09. The van der Waals surface area contributed by atoms with Crippen molar-refractivity contribution in [1.82, 2.24) is 4.90 Å². The molecule has 1 aliphatic heterocycles. The molecule has 1 heterocycles. The fourth-order valence-corrected chi connectivity index (χ4v) is 2.83. The van der Waals surface area contributed by atoms with Crippen LogP contribution < -0.4 is 4.74 Å². The fourth-order valence-electron chi connectivity index (χ4n) is 2.66. The second-order valence-electron chi connectivity index (χ2n) is 6.83. The number of likely N-dealkylation sites (tertiary alicyclic amines) is 1. The van der Waals surface area contributed by atoms with E-state index >= 15 is 0 Å². The number of ether oxygens (including phenoxy) is 1. The number of hydrogen-bond donors (Lipinski definition) is 1. The molecule has 1 saturated heterocycles. The average Bonchev–Trinajstić information content (AvgIpc) is 2.87. The van der Waals surface area contributed by atoms with Crippen molar-refractivity contribution in [2.24, 2.45) is 0 Å². The summed E-state index contributed by atoms with van der Waals surface area (Å²) in [4.78, 5) is 24.0. The van der Waals surface area contributed by atoms with E-state index in [1.807, 2.05) is 12.1 Å². The van der Waals surface area contributed by atoms with Crippen molar-refractivity contribution >= 4 is 23.5 Å². The van der Waals surface area contributed by atoms with E-state index in [4.69, 9.17) is 21.4 Å². The molecule has 126 valence electrons. The van der Waals surface area contributed by atoms with E-state index in [1.165, 1.54) is 0 Å². The first-order valence-electron chi connectivity index (χ1n) is 7.63. The molecule has 0 spiro atoms. The summed E-state index contributed by atoms with van der Waals surface area (Å²) in [6.45, 7) is 7.20. The Morgan fingerprint density at radius 2 is 2.09 bits per heavy atom. The van der Waals surface area contributed by atoms with Crippen LogP contribution in [0, 0.1) is 0 Å². The van der Waals surface area contributed by atoms with Crippen LogP contribution in [0.15, 0.2) is 18.2 Å². The molecular formula is C17H22ClNO4. The minimum absolute atomic E-state index is 0.113. The van der Waals surface area contributed by atoms with Gasteiger partial charge in [-0.3, -0.25) is 9.59 Å². The fraction of sp³-hybridized carbons (Fsp3) is 0.529. The van der Waals surface area contributed by atoms with Crippen LogP contribution in [-0.2, 0) is 15.0 Å². The highest BCUT2D eigenvalue weighted by Gasteiger charge is 2.30. The molecule has 1 aromatic rings. The van der Waals surface area contributed by atoms with Crippen LogP contribution in [0.3, 0.4) is 0 Å². The number of carbonyl (C=O) groups excluding carboxylic acids is 1. The molecule has 0 saturated carbocycles. The number of amides is 1. The number of aliphatic carboxylic acids is 1. The quantitative estimate of drug-likeness (QED) is 0.856. The first kappa shape index (κ1) is 17.6. The van der Waals surface area contributed by atoms with Crippen molar-refractivity contribution < 1.29 is 19.4 Å². The summed E-state index contributed by atoms with van der Waals surface area (Å²) < 4.78 is 6.07. The summed E-state index contributed by atoms with van der Waals surface area (Å²) >= 11 is 6.09. The largest absolute Gasteiger partial charge is 0.488 e. The van der Waals surface area contributed by atoms with Crippen LogP contribution in [0.25, 0.3) is 0 Å². The molecule has 5 nitrogen and oxygen atoms in total. The number of nitrogens with zero attached hydrogens (tertiary/aromatic N) is 1. The first-order valence-corrected chi connectivity index (χ1v) is 8.01. The smallest absolute Gasteiger partial charge is 0.312 e. The maximum absolute atomic E-state index is 11.8. The Morgan fingerprint density at radius 3 is 2.70 bits per heavy atom. The van der Waals surface area contributed by atoms with Crippen LogP contribution in [0.5, 0.6) is 5.75 Å². The molecule has 0 bridgehead atoms. The van der Waals surface area contributed by atoms with Gasteiger partial charge in [0, 0.05) is 23.6 Å². The average molecular weight is 340 g/mol. The Hall–Kier alpha value is -1.75. The third-order valence-corrected chi connectivity index (χ3v) is 4.08. The highest BCUT2D eigenvalue weighted by atomic mass is 35.5. The second-order valence-corrected chi connectivity index (χ2v) is 7.27. The molecule has 6 heteroatoms. The van der Waals surface area contributed by atoms with E-state index in [9.17, 15) is 9.59 Å². The highest BCUT2D eigenvalue weighted by Crippen LogP contribution is 2.34. The lowest BCUT2D eigenvalue weighted by Crippen LogP contribution is -2.32. The number of carboxylic acid groups (broad SMARTS) is 1. The molecule has 23 heavy (non-hydrogen) atoms. The van der Waals surface area contributed by atoms with Gasteiger partial charge >= 0.3 is 5.97 Å². The summed E-state index contributed by atoms with van der Waals surface area (Å²) in [7, 11) is 0. The second kappa shape index (κ2) is 6.79. The van der Waals surface area contributed by atoms with Gasteiger partial charge in [-0.1, -0.05) is 32.4 Å². The summed E-state index contributed by atoms with van der Waals surface area (Å²) in [6, 6.07) is 5.54. The van der Waals surface area contributed by atoms with Crippen molar-refractivity contribution in [2.45, 2.75) is 45.1 Å². The normalized spacial score (nSPS) is 18.1. The molecule has 1 amide bonds. The number of halogens is 1. The van der Waals surface area contributed by atoms with Crippen molar-refractivity contribution in [3.63, 3.8) is 0 Å². The van der Waals surface area contributed by atoms with Gasteiger partial charge in [-0.2, -0.15) is 0 Å². The first-order chi connectivity index (χ1) is 10.7. The molecule has 1 atom stereocenters. The van der Waals surface area contributed by atoms with E-state index in [-0.39, 0.29) is 17.4 Å². The lowest BCUT2D eigenvalue weighted by atomic mass is 9.86. The number of benzene rings is 1. The molecule has 1 unspecified atom stereocenters. The molecule has 0 aliphatic carbocycles. The zero-order chi connectivity index (χ0) is 17.2. The number of rotatable bonds is 4. The van der Waals surface area contributed by atoms with E-state index < -0.39 is 12.4 Å². The van der Waals surface area contributed by atoms with Gasteiger partial charge in [0.05, 0.1) is 6.54 Å². The Labute approximate surface area is 141 Å². The molecule has 2 rings (SSSR count). The van der Waals surface area contributed by atoms with Gasteiger partial charge in [-0.25, -0.2) is 0 Å². The predicted molar refractivity (Wildman–Crippen MR) is 88.0 cm³/mol. The van der Waals surface area contributed by atoms with Crippen LogP contribution in [0.2, 0.25) is 5.02 Å². The molecule has 0 radical (unpaired) electrons. The van der Waals surface area contributed by atoms with Gasteiger partial charge in [0.15, 0.2) is 0 Å². The lowest BCUT2D eigenvalue weighted by Gasteiger charge is -2.25. The molecule has 0 aromatic heterocycles. The van der Waals surface area contributed by atoms with E-state index in [0.717, 1.165) is 11.3 Å². The van der Waals surface area contributed by atoms with E-state index in [2.05, 4.69) is 20.8 Å². The van der Waals surface area contributed by atoms with Gasteiger partial charge < -0.3 is 14.7 Å². The maximum atomic E-state index is 11.8. The minimum atomic E-state index is -1.10. The van der Waals surface area contributed by atoms with Crippen LogP contribution in [0.4, 0.5) is 0 Å². The van der Waals surface area contributed by atoms with Crippen molar-refractivity contribution in [1.29, 1.82) is 0 Å². The zero-order valence-electron chi connectivity index (χ0n) is 13.6. The molecule has 1 fully saturated rings. The molecular weight excluding hydrogens is 318 g/mol. The Balaban J connectivity index is 2.07. The van der Waals surface area contributed by atoms with Gasteiger partial charge in [0.2, 0.25) is 5.91 Å². The summed E-state index contributed by atoms with van der Waals surface area (Å²) in [6.07, 6.45) is 0.0911. The van der Waals surface area contributed by atoms with Crippen molar-refractivity contribution in [3.8, 4) is 5.75 Å². The van der Waals surface area contributed by atoms with E-state index in [1.54, 1.807) is 11.0 Å². The van der Waals surface area contributed by atoms with Crippen LogP contribution in [-0.4, -0.2) is 41.1 Å². The third kappa shape index (κ3) is 4.61. The SMILES string of the molecule is CC(C)(C)c1cc(Cl)ccc1OC1CCN(C(=O)CC(=O)O)C1. The minimum Gasteiger partial charge on any atom is -0.488 e. The van der Waals surface area contributed by atoms with Crippen molar-refractivity contribution in [3.05, 3.63) is 28.8 Å². The third-order valence-electron chi connectivity index (χ3n) is 3.84. The molecule has 1 aromatic carbocycles. The maximum Gasteiger partial charge on any atom is 0.312 e. The Morgan fingerprint density at radius 1 is 1.39 bits per heavy atom. The van der Waals surface area contributed by atoms with Gasteiger partial charge in [-0.05, 0) is 23.6 Å². The highest BCUT2D eigenvalue weighted by molar-refractivity contribution is 6.30. The number of carboxylic acids is 1. The van der Waals surface area contributed by atoms with Crippen LogP contribution in [0.1, 0.15) is 39.2 Å². The Kier molecular flexibility index (Phi) is 5.19. The summed E-state index contributed by atoms with van der Waals surface area (Å²) in [5, 5.41) is 9.37. The molecule has 1 aliphatic rings. The standard InChI is InChI=1S/C17H22ClNO4/c1-17(2,3)13-8-11(18)4-5-14(13)23-12-6-7-19(10-12)15(20)9-16(21)22/h4-5,8,12H,6-7,9-10H2,1-3H3,(H,21,22). The summed E-state index contributed by atoms with van der Waals surface area (Å²) in [5.74, 6) is -0.706. The van der Waals surface area contributed by atoms with E-state index in [0.29, 0.717) is 24.5 Å². The number of carbonyl (C=O) groups is 2. The number of hydrogen-bond acceptors (Lipinski definition) is 3. The van der Waals surface area contributed by atoms with Gasteiger partial charge in [0.25, 0.3) is 0 Å². The lowest BCUT2D eigenvalue weighted by molar-refractivity contribution is -0.143. The topological polar surface area (TPSA) is 66.8 Å². The monoisotopic (exact) mass is 339 g/mol. The Bertz CT molecular complexity index is 609. The van der Waals surface area contributed by atoms with Crippen molar-refractivity contribution in [2.75, 3.05) is 13.1 Å². The van der Waals surface area contributed by atoms with Gasteiger partial charge in [-0.15, -0.1) is 0 Å². The van der Waals surface area contributed by atoms with Crippen LogP contribution >= 0.6 is 11.6 Å². The zero-order valence-corrected chi connectivity index (χ0v) is 14.4. The summed E-state index contributed by atoms with van der Waals surface area (Å²) in [5.41, 5.74) is 0.901. The molecule has 1 N–H and O–H groups in total.